The minimum Gasteiger partial charge on any atom is -0.479 e. The minimum atomic E-state index is -0.997. The summed E-state index contributed by atoms with van der Waals surface area (Å²) in [6.45, 7) is 1.61. The highest BCUT2D eigenvalue weighted by Gasteiger charge is 2.51. The van der Waals surface area contributed by atoms with E-state index in [1.165, 1.54) is 5.56 Å². The fourth-order valence-electron chi connectivity index (χ4n) is 3.70. The van der Waals surface area contributed by atoms with Crippen molar-refractivity contribution in [2.45, 2.75) is 37.6 Å². The molecule has 1 aliphatic carbocycles. The van der Waals surface area contributed by atoms with Crippen LogP contribution in [0.2, 0.25) is 5.02 Å². The summed E-state index contributed by atoms with van der Waals surface area (Å²) in [5.74, 6) is 0.786. The molecule has 1 saturated heterocycles. The van der Waals surface area contributed by atoms with Crippen molar-refractivity contribution in [3.05, 3.63) is 59.1 Å². The Morgan fingerprint density at radius 1 is 1.18 bits per heavy atom. The largest absolute Gasteiger partial charge is 0.479 e. The molecule has 6 nitrogen and oxygen atoms in total. The van der Waals surface area contributed by atoms with E-state index in [4.69, 9.17) is 11.6 Å². The number of benzene rings is 1. The SMILES string of the molecule is O=C(O)C1(/N=C(\c2ncccn2)N2CCC(Cc3ccccc3Cl)CC2)CC1. The van der Waals surface area contributed by atoms with Crippen LogP contribution in [0.15, 0.2) is 47.7 Å². The van der Waals surface area contributed by atoms with E-state index in [1.54, 1.807) is 18.5 Å². The van der Waals surface area contributed by atoms with Gasteiger partial charge in [0.25, 0.3) is 0 Å². The summed E-state index contributed by atoms with van der Waals surface area (Å²) < 4.78 is 0. The molecular formula is C21H23ClN4O2. The monoisotopic (exact) mass is 398 g/mol. The molecule has 2 heterocycles. The van der Waals surface area contributed by atoms with Crippen LogP contribution in [-0.4, -0.2) is 50.4 Å². The van der Waals surface area contributed by atoms with Crippen LogP contribution in [0.5, 0.6) is 0 Å². The molecule has 2 aromatic rings. The first-order chi connectivity index (χ1) is 13.6. The van der Waals surface area contributed by atoms with Gasteiger partial charge >= 0.3 is 5.97 Å². The molecule has 146 valence electrons. The third-order valence-electron chi connectivity index (χ3n) is 5.59. The standard InChI is InChI=1S/C21H23ClN4O2/c22-17-5-2-1-4-16(17)14-15-6-12-26(13-7-15)19(18-23-10-3-11-24-18)25-21(8-9-21)20(27)28/h1-5,10-11,15H,6-9,12-14H2,(H,27,28)/b25-19+. The van der Waals surface area contributed by atoms with E-state index in [-0.39, 0.29) is 0 Å². The zero-order valence-corrected chi connectivity index (χ0v) is 16.3. The third kappa shape index (κ3) is 4.02. The summed E-state index contributed by atoms with van der Waals surface area (Å²) in [5.41, 5.74) is 0.189. The van der Waals surface area contributed by atoms with Gasteiger partial charge < -0.3 is 10.0 Å². The van der Waals surface area contributed by atoms with Crippen molar-refractivity contribution >= 4 is 23.4 Å². The number of likely N-dealkylation sites (tertiary alicyclic amines) is 1. The Morgan fingerprint density at radius 3 is 2.46 bits per heavy atom. The van der Waals surface area contributed by atoms with Crippen LogP contribution >= 0.6 is 11.6 Å². The molecule has 2 fully saturated rings. The predicted molar refractivity (Wildman–Crippen MR) is 108 cm³/mol. The van der Waals surface area contributed by atoms with Crippen LogP contribution in [0.1, 0.15) is 37.1 Å². The van der Waals surface area contributed by atoms with Gasteiger partial charge in [-0.2, -0.15) is 0 Å². The molecule has 0 unspecified atom stereocenters. The van der Waals surface area contributed by atoms with Crippen LogP contribution in [0.25, 0.3) is 0 Å². The second kappa shape index (κ2) is 7.87. The number of carboxylic acid groups (broad SMARTS) is 1. The van der Waals surface area contributed by atoms with E-state index in [2.05, 4.69) is 25.9 Å². The molecule has 1 saturated carbocycles. The number of rotatable bonds is 5. The first-order valence-electron chi connectivity index (χ1n) is 9.66. The van der Waals surface area contributed by atoms with E-state index in [9.17, 15) is 9.90 Å². The van der Waals surface area contributed by atoms with Crippen molar-refractivity contribution in [1.29, 1.82) is 0 Å². The molecule has 0 spiro atoms. The van der Waals surface area contributed by atoms with Crippen molar-refractivity contribution < 1.29 is 9.90 Å². The number of hydrogen-bond acceptors (Lipinski definition) is 4. The van der Waals surface area contributed by atoms with Crippen molar-refractivity contribution in [2.24, 2.45) is 10.9 Å². The number of amidine groups is 1. The second-order valence-corrected chi connectivity index (χ2v) is 7.98. The van der Waals surface area contributed by atoms with Crippen molar-refractivity contribution in [1.82, 2.24) is 14.9 Å². The highest BCUT2D eigenvalue weighted by molar-refractivity contribution is 6.31. The lowest BCUT2D eigenvalue weighted by Gasteiger charge is -2.34. The number of aromatic nitrogens is 2. The van der Waals surface area contributed by atoms with Gasteiger partial charge in [-0.05, 0) is 55.7 Å². The van der Waals surface area contributed by atoms with E-state index in [1.807, 2.05) is 18.2 Å². The van der Waals surface area contributed by atoms with Crippen LogP contribution < -0.4 is 0 Å². The molecule has 1 aromatic carbocycles. The maximum atomic E-state index is 11.6. The zero-order chi connectivity index (χ0) is 19.6. The number of carboxylic acids is 1. The molecule has 0 amide bonds. The Morgan fingerprint density at radius 2 is 1.86 bits per heavy atom. The third-order valence-corrected chi connectivity index (χ3v) is 5.96. The van der Waals surface area contributed by atoms with Gasteiger partial charge in [0, 0.05) is 30.5 Å². The van der Waals surface area contributed by atoms with Crippen LogP contribution in [0, 0.1) is 5.92 Å². The van der Waals surface area contributed by atoms with Gasteiger partial charge in [0.1, 0.15) is 0 Å². The molecule has 0 bridgehead atoms. The predicted octanol–water partition coefficient (Wildman–Crippen LogP) is 3.45. The van der Waals surface area contributed by atoms with Gasteiger partial charge in [0.2, 0.25) is 0 Å². The summed E-state index contributed by atoms with van der Waals surface area (Å²) in [6.07, 6.45) is 7.43. The smallest absolute Gasteiger partial charge is 0.331 e. The average molecular weight is 399 g/mol. The number of halogens is 1. The number of piperidine rings is 1. The van der Waals surface area contributed by atoms with Gasteiger partial charge in [0.05, 0.1) is 0 Å². The van der Waals surface area contributed by atoms with Crippen molar-refractivity contribution in [3.63, 3.8) is 0 Å². The molecule has 2 aliphatic rings. The fourth-order valence-corrected chi connectivity index (χ4v) is 3.91. The van der Waals surface area contributed by atoms with E-state index < -0.39 is 11.5 Å². The maximum Gasteiger partial charge on any atom is 0.331 e. The summed E-state index contributed by atoms with van der Waals surface area (Å²) in [4.78, 5) is 27.1. The highest BCUT2D eigenvalue weighted by atomic mass is 35.5. The number of aliphatic imine (C=N–C) groups is 1. The van der Waals surface area contributed by atoms with Crippen molar-refractivity contribution in [3.8, 4) is 0 Å². The van der Waals surface area contributed by atoms with E-state index >= 15 is 0 Å². The first kappa shape index (κ1) is 18.9. The molecule has 1 N–H and O–H groups in total. The van der Waals surface area contributed by atoms with E-state index in [0.29, 0.717) is 30.4 Å². The number of nitrogens with zero attached hydrogens (tertiary/aromatic N) is 4. The van der Waals surface area contributed by atoms with Crippen molar-refractivity contribution in [2.75, 3.05) is 13.1 Å². The number of hydrogen-bond donors (Lipinski definition) is 1. The lowest BCUT2D eigenvalue weighted by Crippen LogP contribution is -2.41. The lowest BCUT2D eigenvalue weighted by molar-refractivity contribution is -0.139. The first-order valence-corrected chi connectivity index (χ1v) is 10.0. The minimum absolute atomic E-state index is 0.500. The van der Waals surface area contributed by atoms with E-state index in [0.717, 1.165) is 37.4 Å². The summed E-state index contributed by atoms with van der Waals surface area (Å²) in [7, 11) is 0. The fraction of sp³-hybridized carbons (Fsp3) is 0.429. The second-order valence-electron chi connectivity index (χ2n) is 7.57. The van der Waals surface area contributed by atoms with Crippen LogP contribution in [0.4, 0.5) is 0 Å². The number of aliphatic carboxylic acids is 1. The quantitative estimate of drug-likeness (QED) is 0.616. The van der Waals surface area contributed by atoms with Crippen LogP contribution in [-0.2, 0) is 11.2 Å². The molecule has 0 atom stereocenters. The van der Waals surface area contributed by atoms with Crippen LogP contribution in [0.3, 0.4) is 0 Å². The van der Waals surface area contributed by atoms with Gasteiger partial charge in [-0.15, -0.1) is 0 Å². The zero-order valence-electron chi connectivity index (χ0n) is 15.6. The lowest BCUT2D eigenvalue weighted by atomic mass is 9.90. The molecule has 4 rings (SSSR count). The maximum absolute atomic E-state index is 11.6. The van der Waals surface area contributed by atoms with Gasteiger partial charge in [-0.1, -0.05) is 29.8 Å². The van der Waals surface area contributed by atoms with Gasteiger partial charge in [-0.3, -0.25) is 0 Å². The summed E-state index contributed by atoms with van der Waals surface area (Å²) in [5, 5.41) is 10.4. The summed E-state index contributed by atoms with van der Waals surface area (Å²) in [6, 6.07) is 9.75. The Bertz CT molecular complexity index is 875. The van der Waals surface area contributed by atoms with Gasteiger partial charge in [0.15, 0.2) is 17.2 Å². The van der Waals surface area contributed by atoms with Gasteiger partial charge in [-0.25, -0.2) is 19.8 Å². The molecule has 0 radical (unpaired) electrons. The topological polar surface area (TPSA) is 78.7 Å². The Kier molecular flexibility index (Phi) is 5.31. The summed E-state index contributed by atoms with van der Waals surface area (Å²) >= 11 is 6.31. The normalized spacial score (nSPS) is 19.5. The average Bonchev–Trinajstić information content (AvgIpc) is 3.51. The Hall–Kier alpha value is -2.47. The molecule has 1 aromatic heterocycles. The highest BCUT2D eigenvalue weighted by Crippen LogP contribution is 2.41. The number of carbonyl (C=O) groups is 1. The Balaban J connectivity index is 1.49. The molecule has 28 heavy (non-hydrogen) atoms. The molecule has 1 aliphatic heterocycles. The molecular weight excluding hydrogens is 376 g/mol. The Labute approximate surface area is 169 Å². The molecule has 7 heteroatoms.